The van der Waals surface area contributed by atoms with Gasteiger partial charge in [0, 0.05) is 12.0 Å². The van der Waals surface area contributed by atoms with Gasteiger partial charge in [-0.05, 0) is 57.9 Å². The molecule has 4 nitrogen and oxygen atoms in total. The van der Waals surface area contributed by atoms with E-state index in [4.69, 9.17) is 9.47 Å². The summed E-state index contributed by atoms with van der Waals surface area (Å²) >= 11 is 0. The van der Waals surface area contributed by atoms with Crippen molar-refractivity contribution in [2.24, 2.45) is 0 Å². The fraction of sp³-hybridized carbons (Fsp3) is 0.409. The summed E-state index contributed by atoms with van der Waals surface area (Å²) in [5.41, 5.74) is 2.81. The number of carbonyl (C=O) groups excluding carboxylic acids is 1. The van der Waals surface area contributed by atoms with Gasteiger partial charge in [0.05, 0.1) is 6.04 Å². The quantitative estimate of drug-likeness (QED) is 0.881. The van der Waals surface area contributed by atoms with E-state index in [1.807, 2.05) is 70.2 Å². The molecule has 1 amide bonds. The van der Waals surface area contributed by atoms with E-state index in [-0.39, 0.29) is 17.6 Å². The van der Waals surface area contributed by atoms with Crippen LogP contribution < -0.4 is 14.8 Å². The Morgan fingerprint density at radius 2 is 1.96 bits per heavy atom. The third-order valence-electron chi connectivity index (χ3n) is 4.71. The molecule has 0 spiro atoms. The van der Waals surface area contributed by atoms with Crippen molar-refractivity contribution in [2.75, 3.05) is 0 Å². The number of ether oxygens (including phenoxy) is 2. The van der Waals surface area contributed by atoms with Gasteiger partial charge in [0.15, 0.2) is 6.10 Å². The number of benzene rings is 2. The predicted molar refractivity (Wildman–Crippen MR) is 103 cm³/mol. The molecule has 0 fully saturated rings. The first kappa shape index (κ1) is 18.3. The van der Waals surface area contributed by atoms with Crippen molar-refractivity contribution in [1.29, 1.82) is 0 Å². The fourth-order valence-corrected chi connectivity index (χ4v) is 3.30. The first-order valence-electron chi connectivity index (χ1n) is 9.07. The van der Waals surface area contributed by atoms with Crippen molar-refractivity contribution >= 4 is 5.91 Å². The molecule has 4 heteroatoms. The van der Waals surface area contributed by atoms with Gasteiger partial charge in [0.1, 0.15) is 17.1 Å². The van der Waals surface area contributed by atoms with E-state index in [2.05, 4.69) is 5.32 Å². The van der Waals surface area contributed by atoms with Gasteiger partial charge in [-0.15, -0.1) is 0 Å². The summed E-state index contributed by atoms with van der Waals surface area (Å²) in [5, 5.41) is 3.14. The molecule has 0 unspecified atom stereocenters. The van der Waals surface area contributed by atoms with Crippen molar-refractivity contribution in [1.82, 2.24) is 5.32 Å². The molecular weight excluding hydrogens is 326 g/mol. The second-order valence-electron chi connectivity index (χ2n) is 7.69. The minimum atomic E-state index is -0.575. The van der Waals surface area contributed by atoms with E-state index in [9.17, 15) is 4.79 Å². The van der Waals surface area contributed by atoms with Crippen LogP contribution in [0.15, 0.2) is 42.5 Å². The maximum Gasteiger partial charge on any atom is 0.261 e. The van der Waals surface area contributed by atoms with Crippen LogP contribution in [-0.4, -0.2) is 17.6 Å². The second kappa shape index (κ2) is 7.02. The van der Waals surface area contributed by atoms with Gasteiger partial charge in [0.2, 0.25) is 0 Å². The van der Waals surface area contributed by atoms with E-state index in [1.165, 1.54) is 0 Å². The van der Waals surface area contributed by atoms with Gasteiger partial charge in [-0.25, -0.2) is 0 Å². The monoisotopic (exact) mass is 353 g/mol. The Bertz CT molecular complexity index is 813. The third-order valence-corrected chi connectivity index (χ3v) is 4.71. The lowest BCUT2D eigenvalue weighted by atomic mass is 9.89. The average Bonchev–Trinajstić information content (AvgIpc) is 2.57. The molecule has 0 aliphatic carbocycles. The molecule has 0 bridgehead atoms. The molecule has 1 N–H and O–H groups in total. The Labute approximate surface area is 155 Å². The van der Waals surface area contributed by atoms with Crippen molar-refractivity contribution in [3.63, 3.8) is 0 Å². The Morgan fingerprint density at radius 3 is 2.73 bits per heavy atom. The molecule has 2 aromatic rings. The first-order valence-corrected chi connectivity index (χ1v) is 9.07. The number of hydrogen-bond acceptors (Lipinski definition) is 3. The summed E-state index contributed by atoms with van der Waals surface area (Å²) < 4.78 is 12.0. The zero-order valence-corrected chi connectivity index (χ0v) is 16.1. The summed E-state index contributed by atoms with van der Waals surface area (Å²) in [6, 6.07) is 13.8. The lowest BCUT2D eigenvalue weighted by molar-refractivity contribution is -0.128. The fourth-order valence-electron chi connectivity index (χ4n) is 3.30. The molecule has 0 radical (unpaired) electrons. The SMILES string of the molecule is Cc1ccc(C)c(O[C@H](C)C(=O)N[C@@H]2CC(C)(C)Oc3ccccc32)c1. The van der Waals surface area contributed by atoms with Crippen LogP contribution in [0.4, 0.5) is 0 Å². The van der Waals surface area contributed by atoms with Crippen LogP contribution in [0.2, 0.25) is 0 Å². The molecule has 26 heavy (non-hydrogen) atoms. The smallest absolute Gasteiger partial charge is 0.261 e. The van der Waals surface area contributed by atoms with Crippen LogP contribution in [0, 0.1) is 13.8 Å². The van der Waals surface area contributed by atoms with Gasteiger partial charge in [0.25, 0.3) is 5.91 Å². The van der Waals surface area contributed by atoms with E-state index in [0.717, 1.165) is 28.2 Å². The van der Waals surface area contributed by atoms with Gasteiger partial charge >= 0.3 is 0 Å². The summed E-state index contributed by atoms with van der Waals surface area (Å²) in [6.07, 6.45) is 0.139. The summed E-state index contributed by atoms with van der Waals surface area (Å²) in [5.74, 6) is 1.46. The van der Waals surface area contributed by atoms with E-state index in [1.54, 1.807) is 6.92 Å². The second-order valence-corrected chi connectivity index (χ2v) is 7.69. The van der Waals surface area contributed by atoms with E-state index >= 15 is 0 Å². The summed E-state index contributed by atoms with van der Waals surface area (Å²) in [6.45, 7) is 9.86. The van der Waals surface area contributed by atoms with Crippen LogP contribution in [0.3, 0.4) is 0 Å². The van der Waals surface area contributed by atoms with Crippen molar-refractivity contribution in [3.05, 3.63) is 59.2 Å². The van der Waals surface area contributed by atoms with Gasteiger partial charge in [-0.1, -0.05) is 30.3 Å². The Balaban J connectivity index is 1.74. The molecule has 0 aromatic heterocycles. The van der Waals surface area contributed by atoms with Crippen LogP contribution in [0.1, 0.15) is 49.9 Å². The zero-order chi connectivity index (χ0) is 18.9. The van der Waals surface area contributed by atoms with Crippen LogP contribution in [0.25, 0.3) is 0 Å². The maximum absolute atomic E-state index is 12.8. The van der Waals surface area contributed by atoms with Crippen molar-refractivity contribution < 1.29 is 14.3 Å². The number of carbonyl (C=O) groups is 1. The van der Waals surface area contributed by atoms with Crippen LogP contribution in [-0.2, 0) is 4.79 Å². The molecule has 0 saturated heterocycles. The first-order chi connectivity index (χ1) is 12.2. The Hall–Kier alpha value is -2.49. The molecule has 1 heterocycles. The number of rotatable bonds is 4. The zero-order valence-electron chi connectivity index (χ0n) is 16.1. The highest BCUT2D eigenvalue weighted by Crippen LogP contribution is 2.39. The molecule has 138 valence electrons. The van der Waals surface area contributed by atoms with Gasteiger partial charge in [-0.3, -0.25) is 4.79 Å². The topological polar surface area (TPSA) is 47.6 Å². The van der Waals surface area contributed by atoms with Crippen LogP contribution >= 0.6 is 0 Å². The highest BCUT2D eigenvalue weighted by Gasteiger charge is 2.35. The third kappa shape index (κ3) is 4.01. The highest BCUT2D eigenvalue weighted by atomic mass is 16.5. The summed E-state index contributed by atoms with van der Waals surface area (Å²) in [7, 11) is 0. The number of hydrogen-bond donors (Lipinski definition) is 1. The van der Waals surface area contributed by atoms with Crippen molar-refractivity contribution in [2.45, 2.75) is 58.8 Å². The molecule has 1 aliphatic rings. The molecule has 2 aromatic carbocycles. The number of aryl methyl sites for hydroxylation is 2. The largest absolute Gasteiger partial charge is 0.487 e. The normalized spacial score (nSPS) is 19.0. The number of fused-ring (bicyclic) bond motifs is 1. The number of para-hydroxylation sites is 1. The molecule has 1 aliphatic heterocycles. The minimum Gasteiger partial charge on any atom is -0.487 e. The Morgan fingerprint density at radius 1 is 1.23 bits per heavy atom. The predicted octanol–water partition coefficient (Wildman–Crippen LogP) is 4.49. The van der Waals surface area contributed by atoms with E-state index in [0.29, 0.717) is 6.42 Å². The van der Waals surface area contributed by atoms with Crippen molar-refractivity contribution in [3.8, 4) is 11.5 Å². The standard InChI is InChI=1S/C22H27NO3/c1-14-10-11-15(2)20(12-14)25-16(3)21(24)23-18-13-22(4,5)26-19-9-7-6-8-17(18)19/h6-12,16,18H,13H2,1-5H3,(H,23,24)/t16-,18-/m1/s1. The van der Waals surface area contributed by atoms with E-state index < -0.39 is 6.10 Å². The Kier molecular flexibility index (Phi) is 4.94. The lowest BCUT2D eigenvalue weighted by Gasteiger charge is -2.38. The van der Waals surface area contributed by atoms with Crippen LogP contribution in [0.5, 0.6) is 11.5 Å². The van der Waals surface area contributed by atoms with Gasteiger partial charge in [-0.2, -0.15) is 0 Å². The molecule has 0 saturated carbocycles. The summed E-state index contributed by atoms with van der Waals surface area (Å²) in [4.78, 5) is 12.8. The van der Waals surface area contributed by atoms with Gasteiger partial charge < -0.3 is 14.8 Å². The lowest BCUT2D eigenvalue weighted by Crippen LogP contribution is -2.44. The molecule has 2 atom stereocenters. The average molecular weight is 353 g/mol. The maximum atomic E-state index is 12.8. The number of amides is 1. The number of nitrogens with one attached hydrogen (secondary N) is 1. The minimum absolute atomic E-state index is 0.0906. The molecule has 3 rings (SSSR count). The molecular formula is C22H27NO3. The highest BCUT2D eigenvalue weighted by molar-refractivity contribution is 5.81.